The predicted molar refractivity (Wildman–Crippen MR) is 131 cm³/mol. The van der Waals surface area contributed by atoms with Gasteiger partial charge in [0.2, 0.25) is 5.91 Å². The first-order chi connectivity index (χ1) is 14.7. The van der Waals surface area contributed by atoms with Gasteiger partial charge in [0.25, 0.3) is 0 Å². The quantitative estimate of drug-likeness (QED) is 0.404. The summed E-state index contributed by atoms with van der Waals surface area (Å²) in [6.07, 6.45) is 0. The number of anilines is 1. The van der Waals surface area contributed by atoms with E-state index in [9.17, 15) is 9.59 Å². The van der Waals surface area contributed by atoms with Crippen LogP contribution in [0.15, 0.2) is 72.8 Å². The lowest BCUT2D eigenvalue weighted by Crippen LogP contribution is -2.14. The van der Waals surface area contributed by atoms with Crippen LogP contribution in [0.1, 0.15) is 47.8 Å². The number of benzene rings is 3. The summed E-state index contributed by atoms with van der Waals surface area (Å²) in [7, 11) is 0. The molecule has 0 radical (unpaired) electrons. The lowest BCUT2D eigenvalue weighted by Gasteiger charge is -2.19. The molecule has 3 nitrogen and oxygen atoms in total. The molecule has 0 saturated heterocycles. The number of hydrogen-bond donors (Lipinski definition) is 1. The normalized spacial score (nSPS) is 11.2. The van der Waals surface area contributed by atoms with Gasteiger partial charge >= 0.3 is 0 Å². The number of nitrogens with one attached hydrogen (secondary N) is 1. The van der Waals surface area contributed by atoms with Crippen molar-refractivity contribution in [2.24, 2.45) is 0 Å². The molecule has 0 aromatic heterocycles. The van der Waals surface area contributed by atoms with Crippen molar-refractivity contribution in [3.8, 4) is 0 Å². The minimum atomic E-state index is -0.105. The smallest absolute Gasteiger partial charge is 0.234 e. The van der Waals surface area contributed by atoms with Crippen LogP contribution in [0.5, 0.6) is 0 Å². The van der Waals surface area contributed by atoms with Crippen LogP contribution in [0.4, 0.5) is 5.69 Å². The van der Waals surface area contributed by atoms with Gasteiger partial charge in [-0.3, -0.25) is 9.59 Å². The molecular weight excluding hydrogens is 426 g/mol. The van der Waals surface area contributed by atoms with Gasteiger partial charge in [0.05, 0.1) is 5.75 Å². The Morgan fingerprint density at radius 3 is 2.29 bits per heavy atom. The lowest BCUT2D eigenvalue weighted by atomic mass is 9.86. The third-order valence-electron chi connectivity index (χ3n) is 4.81. The highest BCUT2D eigenvalue weighted by Gasteiger charge is 2.15. The molecule has 3 rings (SSSR count). The fraction of sp³-hybridized carbons (Fsp3) is 0.231. The Bertz CT molecular complexity index is 1070. The molecule has 160 valence electrons. The molecular formula is C26H26ClNO2S. The molecule has 0 aliphatic heterocycles. The second kappa shape index (κ2) is 10.2. The van der Waals surface area contributed by atoms with Crippen molar-refractivity contribution in [3.63, 3.8) is 0 Å². The van der Waals surface area contributed by atoms with Crippen molar-refractivity contribution >= 4 is 40.7 Å². The summed E-state index contributed by atoms with van der Waals surface area (Å²) < 4.78 is 0. The first kappa shape index (κ1) is 23.1. The summed E-state index contributed by atoms with van der Waals surface area (Å²) in [5.41, 5.74) is 4.10. The summed E-state index contributed by atoms with van der Waals surface area (Å²) in [5, 5.41) is 3.57. The van der Waals surface area contributed by atoms with E-state index in [-0.39, 0.29) is 17.1 Å². The van der Waals surface area contributed by atoms with Crippen LogP contribution < -0.4 is 5.32 Å². The maximum atomic E-state index is 12.9. The average molecular weight is 452 g/mol. The molecule has 0 aliphatic carbocycles. The monoisotopic (exact) mass is 451 g/mol. The number of amides is 1. The van der Waals surface area contributed by atoms with Gasteiger partial charge in [-0.05, 0) is 40.8 Å². The Hall–Kier alpha value is -2.56. The van der Waals surface area contributed by atoms with Crippen LogP contribution in [0.3, 0.4) is 0 Å². The Balaban J connectivity index is 1.59. The van der Waals surface area contributed by atoms with E-state index in [0.717, 1.165) is 5.56 Å². The highest BCUT2D eigenvalue weighted by Crippen LogP contribution is 2.23. The van der Waals surface area contributed by atoms with E-state index >= 15 is 0 Å². The highest BCUT2D eigenvalue weighted by molar-refractivity contribution is 7.99. The van der Waals surface area contributed by atoms with E-state index in [1.165, 1.54) is 17.3 Å². The summed E-state index contributed by atoms with van der Waals surface area (Å²) in [5.74, 6) is 0.855. The second-order valence-corrected chi connectivity index (χ2v) is 9.83. The van der Waals surface area contributed by atoms with E-state index in [0.29, 0.717) is 33.3 Å². The third-order valence-corrected chi connectivity index (χ3v) is 6.05. The van der Waals surface area contributed by atoms with E-state index in [4.69, 9.17) is 11.6 Å². The molecule has 0 heterocycles. The van der Waals surface area contributed by atoms with Crippen LogP contribution >= 0.6 is 23.4 Å². The SMILES string of the molecule is CC(C)(C)c1ccc(C(=O)c2cccc(NC(=O)CSCc3cccc(Cl)c3)c2)cc1. The largest absolute Gasteiger partial charge is 0.325 e. The number of carbonyl (C=O) groups excluding carboxylic acids is 2. The van der Waals surface area contributed by atoms with Gasteiger partial charge in [0.1, 0.15) is 0 Å². The van der Waals surface area contributed by atoms with Gasteiger partial charge in [-0.1, -0.05) is 80.9 Å². The van der Waals surface area contributed by atoms with E-state index in [1.807, 2.05) is 48.5 Å². The van der Waals surface area contributed by atoms with Crippen molar-refractivity contribution in [1.82, 2.24) is 0 Å². The van der Waals surface area contributed by atoms with Crippen LogP contribution in [-0.2, 0) is 16.0 Å². The van der Waals surface area contributed by atoms with Crippen LogP contribution in [0.2, 0.25) is 5.02 Å². The first-order valence-electron chi connectivity index (χ1n) is 10.1. The molecule has 0 spiro atoms. The molecule has 31 heavy (non-hydrogen) atoms. The first-order valence-corrected chi connectivity index (χ1v) is 11.6. The molecule has 0 fully saturated rings. The molecule has 0 saturated carbocycles. The van der Waals surface area contributed by atoms with Crippen molar-refractivity contribution in [2.75, 3.05) is 11.1 Å². The number of hydrogen-bond acceptors (Lipinski definition) is 3. The zero-order valence-corrected chi connectivity index (χ0v) is 19.5. The van der Waals surface area contributed by atoms with E-state index in [1.54, 1.807) is 24.3 Å². The zero-order valence-electron chi connectivity index (χ0n) is 17.9. The third kappa shape index (κ3) is 6.71. The fourth-order valence-electron chi connectivity index (χ4n) is 3.11. The summed E-state index contributed by atoms with van der Waals surface area (Å²) >= 11 is 7.51. The molecule has 0 atom stereocenters. The van der Waals surface area contributed by atoms with Crippen molar-refractivity contribution in [1.29, 1.82) is 0 Å². The van der Waals surface area contributed by atoms with Crippen LogP contribution in [0, 0.1) is 0 Å². The topological polar surface area (TPSA) is 46.2 Å². The predicted octanol–water partition coefficient (Wildman–Crippen LogP) is 6.74. The summed E-state index contributed by atoms with van der Waals surface area (Å²) in [6.45, 7) is 6.43. The number of rotatable bonds is 7. The molecule has 3 aromatic rings. The Morgan fingerprint density at radius 1 is 0.903 bits per heavy atom. The van der Waals surface area contributed by atoms with Gasteiger partial charge in [-0.25, -0.2) is 0 Å². The standard InChI is InChI=1S/C26H26ClNO2S/c1-26(2,3)21-12-10-19(11-13-21)25(30)20-7-5-9-23(15-20)28-24(29)17-31-16-18-6-4-8-22(27)14-18/h4-15H,16-17H2,1-3H3,(H,28,29). The highest BCUT2D eigenvalue weighted by atomic mass is 35.5. The Kier molecular flexibility index (Phi) is 7.58. The molecule has 0 aliphatic rings. The number of halogens is 1. The molecule has 1 N–H and O–H groups in total. The van der Waals surface area contributed by atoms with E-state index < -0.39 is 0 Å². The minimum absolute atomic E-state index is 0.0383. The molecule has 3 aromatic carbocycles. The van der Waals surface area contributed by atoms with Crippen molar-refractivity contribution in [2.45, 2.75) is 31.9 Å². The summed E-state index contributed by atoms with van der Waals surface area (Å²) in [6, 6.07) is 22.4. The molecule has 0 bridgehead atoms. The van der Waals surface area contributed by atoms with Crippen molar-refractivity contribution in [3.05, 3.63) is 100 Å². The zero-order chi connectivity index (χ0) is 22.4. The number of ketones is 1. The van der Waals surface area contributed by atoms with Gasteiger partial charge in [-0.15, -0.1) is 11.8 Å². The second-order valence-electron chi connectivity index (χ2n) is 8.41. The maximum absolute atomic E-state index is 12.9. The van der Waals surface area contributed by atoms with Crippen molar-refractivity contribution < 1.29 is 9.59 Å². The van der Waals surface area contributed by atoms with E-state index in [2.05, 4.69) is 26.1 Å². The van der Waals surface area contributed by atoms with Gasteiger partial charge in [-0.2, -0.15) is 0 Å². The lowest BCUT2D eigenvalue weighted by molar-refractivity contribution is -0.113. The van der Waals surface area contributed by atoms with Gasteiger partial charge in [0.15, 0.2) is 5.78 Å². The molecule has 5 heteroatoms. The van der Waals surface area contributed by atoms with Crippen LogP contribution in [-0.4, -0.2) is 17.4 Å². The maximum Gasteiger partial charge on any atom is 0.234 e. The number of carbonyl (C=O) groups is 2. The summed E-state index contributed by atoms with van der Waals surface area (Å²) in [4.78, 5) is 25.2. The Morgan fingerprint density at radius 2 is 1.61 bits per heavy atom. The fourth-order valence-corrected chi connectivity index (χ4v) is 4.10. The van der Waals surface area contributed by atoms with Gasteiger partial charge in [0, 0.05) is 27.6 Å². The Labute approximate surface area is 193 Å². The van der Waals surface area contributed by atoms with Gasteiger partial charge < -0.3 is 5.32 Å². The number of thioether (sulfide) groups is 1. The molecule has 1 amide bonds. The molecule has 0 unspecified atom stereocenters. The average Bonchev–Trinajstić information content (AvgIpc) is 2.73. The minimum Gasteiger partial charge on any atom is -0.325 e. The van der Waals surface area contributed by atoms with Crippen LogP contribution in [0.25, 0.3) is 0 Å².